The van der Waals surface area contributed by atoms with E-state index < -0.39 is 0 Å². The van der Waals surface area contributed by atoms with Gasteiger partial charge in [-0.25, -0.2) is 0 Å². The third-order valence-corrected chi connectivity index (χ3v) is 5.78. The minimum atomic E-state index is -0.0778. The maximum atomic E-state index is 13.0. The van der Waals surface area contributed by atoms with Crippen molar-refractivity contribution >= 4 is 17.5 Å². The van der Waals surface area contributed by atoms with Crippen molar-refractivity contribution in [1.29, 1.82) is 0 Å². The number of nitrogens with zero attached hydrogens (tertiary/aromatic N) is 2. The maximum absolute atomic E-state index is 13.0. The number of piperidine rings is 1. The molecule has 152 valence electrons. The van der Waals surface area contributed by atoms with Crippen LogP contribution in [-0.2, 0) is 13.0 Å². The lowest BCUT2D eigenvalue weighted by Crippen LogP contribution is -2.47. The van der Waals surface area contributed by atoms with Crippen molar-refractivity contribution in [2.24, 2.45) is 0 Å². The summed E-state index contributed by atoms with van der Waals surface area (Å²) >= 11 is 5.96. The van der Waals surface area contributed by atoms with Gasteiger partial charge in [-0.2, -0.15) is 0 Å². The molecule has 29 heavy (non-hydrogen) atoms. The smallest absolute Gasteiger partial charge is 0.290 e. The summed E-state index contributed by atoms with van der Waals surface area (Å²) in [6.07, 6.45) is 6.06. The first-order valence-electron chi connectivity index (χ1n) is 10.0. The quantitative estimate of drug-likeness (QED) is 0.555. The zero-order valence-corrected chi connectivity index (χ0v) is 17.1. The fourth-order valence-corrected chi connectivity index (χ4v) is 4.00. The molecule has 5 nitrogen and oxygen atoms in total. The summed E-state index contributed by atoms with van der Waals surface area (Å²) in [5.41, 5.74) is 1.30. The molecule has 0 atom stereocenters. The number of hydrogen-bond acceptors (Lipinski definition) is 4. The highest BCUT2D eigenvalue weighted by molar-refractivity contribution is 6.30. The monoisotopic (exact) mass is 412 g/mol. The third-order valence-electron chi connectivity index (χ3n) is 5.53. The fourth-order valence-electron chi connectivity index (χ4n) is 3.87. The van der Waals surface area contributed by atoms with Gasteiger partial charge in [0.1, 0.15) is 5.76 Å². The number of benzene rings is 1. The summed E-state index contributed by atoms with van der Waals surface area (Å²) in [5.74, 6) is 1.09. The van der Waals surface area contributed by atoms with Crippen molar-refractivity contribution < 1.29 is 13.6 Å². The second-order valence-corrected chi connectivity index (χ2v) is 7.88. The highest BCUT2D eigenvalue weighted by Gasteiger charge is 2.30. The fraction of sp³-hybridized carbons (Fsp3) is 0.348. The minimum Gasteiger partial charge on any atom is -0.467 e. The van der Waals surface area contributed by atoms with Gasteiger partial charge in [-0.15, -0.1) is 0 Å². The molecule has 0 aliphatic carbocycles. The van der Waals surface area contributed by atoms with Crippen LogP contribution >= 0.6 is 11.6 Å². The molecule has 1 aliphatic rings. The molecule has 0 N–H and O–H groups in total. The van der Waals surface area contributed by atoms with Crippen molar-refractivity contribution in [3.8, 4) is 0 Å². The lowest BCUT2D eigenvalue weighted by molar-refractivity contribution is 0.0501. The molecule has 4 rings (SSSR count). The number of carbonyl (C=O) groups excluding carboxylic acids is 1. The molecule has 3 heterocycles. The molecule has 0 spiro atoms. The van der Waals surface area contributed by atoms with Crippen LogP contribution in [0.5, 0.6) is 0 Å². The molecule has 1 aliphatic heterocycles. The highest BCUT2D eigenvalue weighted by atomic mass is 35.5. The van der Waals surface area contributed by atoms with E-state index in [0.29, 0.717) is 12.3 Å². The van der Waals surface area contributed by atoms with Crippen LogP contribution in [-0.4, -0.2) is 41.4 Å². The predicted molar refractivity (Wildman–Crippen MR) is 112 cm³/mol. The first-order chi connectivity index (χ1) is 14.2. The molecule has 1 saturated heterocycles. The Labute approximate surface area is 175 Å². The van der Waals surface area contributed by atoms with Gasteiger partial charge in [0.05, 0.1) is 19.1 Å². The molecule has 0 saturated carbocycles. The van der Waals surface area contributed by atoms with Gasteiger partial charge in [0.2, 0.25) is 0 Å². The zero-order chi connectivity index (χ0) is 20.1. The van der Waals surface area contributed by atoms with E-state index >= 15 is 0 Å². The topological polar surface area (TPSA) is 49.8 Å². The van der Waals surface area contributed by atoms with Crippen LogP contribution in [0.25, 0.3) is 0 Å². The van der Waals surface area contributed by atoms with Crippen LogP contribution in [0.4, 0.5) is 0 Å². The second-order valence-electron chi connectivity index (χ2n) is 7.44. The Hall–Kier alpha value is -2.50. The van der Waals surface area contributed by atoms with Crippen LogP contribution in [0.1, 0.15) is 34.7 Å². The summed E-state index contributed by atoms with van der Waals surface area (Å²) in [4.78, 5) is 17.4. The molecule has 3 aromatic rings. The first kappa shape index (κ1) is 19.8. The molecule has 1 amide bonds. The molecule has 1 fully saturated rings. The normalized spacial score (nSPS) is 15.5. The summed E-state index contributed by atoms with van der Waals surface area (Å²) in [6, 6.07) is 15.4. The van der Waals surface area contributed by atoms with E-state index in [-0.39, 0.29) is 11.9 Å². The van der Waals surface area contributed by atoms with Gasteiger partial charge >= 0.3 is 0 Å². The lowest BCUT2D eigenvalue weighted by Gasteiger charge is -2.38. The van der Waals surface area contributed by atoms with Gasteiger partial charge in [-0.05, 0) is 61.2 Å². The van der Waals surface area contributed by atoms with E-state index in [1.165, 1.54) is 11.8 Å². The van der Waals surface area contributed by atoms with Crippen LogP contribution in [0.2, 0.25) is 5.02 Å². The number of hydrogen-bond donors (Lipinski definition) is 0. The van der Waals surface area contributed by atoms with Gasteiger partial charge in [0.25, 0.3) is 5.91 Å². The van der Waals surface area contributed by atoms with Crippen LogP contribution in [0.15, 0.2) is 69.9 Å². The summed E-state index contributed by atoms with van der Waals surface area (Å²) in [7, 11) is 0. The third kappa shape index (κ3) is 5.11. The van der Waals surface area contributed by atoms with Gasteiger partial charge in [-0.3, -0.25) is 4.79 Å². The molecule has 0 radical (unpaired) electrons. The molecule has 2 aromatic heterocycles. The Morgan fingerprint density at radius 1 is 1.03 bits per heavy atom. The van der Waals surface area contributed by atoms with E-state index in [1.807, 2.05) is 29.2 Å². The number of furan rings is 2. The lowest BCUT2D eigenvalue weighted by atomic mass is 10.0. The number of halogens is 1. The number of amides is 1. The van der Waals surface area contributed by atoms with Crippen molar-refractivity contribution in [2.45, 2.75) is 31.8 Å². The van der Waals surface area contributed by atoms with E-state index in [1.54, 1.807) is 18.4 Å². The number of likely N-dealkylation sites (tertiary alicyclic amines) is 1. The predicted octanol–water partition coefficient (Wildman–Crippen LogP) is 4.88. The van der Waals surface area contributed by atoms with Gasteiger partial charge in [-0.1, -0.05) is 23.7 Å². The largest absolute Gasteiger partial charge is 0.467 e. The van der Waals surface area contributed by atoms with E-state index in [0.717, 1.165) is 49.7 Å². The van der Waals surface area contributed by atoms with E-state index in [9.17, 15) is 4.79 Å². The standard InChI is InChI=1S/C23H25ClN2O3/c24-19-7-5-18(6-8-19)9-12-25-13-10-20(11-14-25)26(17-21-3-1-15-28-21)23(27)22-4-2-16-29-22/h1-8,15-16,20H,9-14,17H2. The summed E-state index contributed by atoms with van der Waals surface area (Å²) in [6.45, 7) is 3.41. The molecule has 0 bridgehead atoms. The molecule has 1 aromatic carbocycles. The summed E-state index contributed by atoms with van der Waals surface area (Å²) < 4.78 is 10.9. The highest BCUT2D eigenvalue weighted by Crippen LogP contribution is 2.22. The van der Waals surface area contributed by atoms with Crippen molar-refractivity contribution in [3.05, 3.63) is 83.2 Å². The Morgan fingerprint density at radius 3 is 2.41 bits per heavy atom. The Balaban J connectivity index is 1.35. The number of carbonyl (C=O) groups is 1. The van der Waals surface area contributed by atoms with E-state index in [4.69, 9.17) is 20.4 Å². The van der Waals surface area contributed by atoms with Crippen LogP contribution < -0.4 is 0 Å². The van der Waals surface area contributed by atoms with E-state index in [2.05, 4.69) is 17.0 Å². The number of rotatable bonds is 7. The molecule has 0 unspecified atom stereocenters. The zero-order valence-electron chi connectivity index (χ0n) is 16.3. The van der Waals surface area contributed by atoms with Crippen molar-refractivity contribution in [2.75, 3.05) is 19.6 Å². The Morgan fingerprint density at radius 2 is 1.76 bits per heavy atom. The second kappa shape index (κ2) is 9.33. The SMILES string of the molecule is O=C(c1ccco1)N(Cc1ccco1)C1CCN(CCc2ccc(Cl)cc2)CC1. The molecular weight excluding hydrogens is 388 g/mol. The minimum absolute atomic E-state index is 0.0778. The Kier molecular flexibility index (Phi) is 6.37. The molecular formula is C23H25ClN2O3. The Bertz CT molecular complexity index is 883. The molecule has 6 heteroatoms. The average Bonchev–Trinajstić information content (AvgIpc) is 3.46. The first-order valence-corrected chi connectivity index (χ1v) is 10.4. The van der Waals surface area contributed by atoms with Gasteiger partial charge in [0.15, 0.2) is 5.76 Å². The maximum Gasteiger partial charge on any atom is 0.290 e. The average molecular weight is 413 g/mol. The van der Waals surface area contributed by atoms with Gasteiger partial charge < -0.3 is 18.6 Å². The van der Waals surface area contributed by atoms with Crippen LogP contribution in [0, 0.1) is 0 Å². The van der Waals surface area contributed by atoms with Crippen LogP contribution in [0.3, 0.4) is 0 Å². The van der Waals surface area contributed by atoms with Crippen molar-refractivity contribution in [3.63, 3.8) is 0 Å². The van der Waals surface area contributed by atoms with Crippen molar-refractivity contribution in [1.82, 2.24) is 9.80 Å². The summed E-state index contributed by atoms with van der Waals surface area (Å²) in [5, 5.41) is 0.771. The van der Waals surface area contributed by atoms with Gasteiger partial charge in [0, 0.05) is 30.7 Å².